The minimum Gasteiger partial charge on any atom is -0.458 e. The summed E-state index contributed by atoms with van der Waals surface area (Å²) in [4.78, 5) is 24.6. The molecule has 0 aromatic carbocycles. The van der Waals surface area contributed by atoms with E-state index in [2.05, 4.69) is 41.5 Å². The second kappa shape index (κ2) is 5.98. The predicted octanol–water partition coefficient (Wildman–Crippen LogP) is 5.58. The summed E-state index contributed by atoms with van der Waals surface area (Å²) in [6.07, 6.45) is 7.60. The Labute approximate surface area is 176 Å². The zero-order valence-electron chi connectivity index (χ0n) is 19.1. The lowest BCUT2D eigenvalue weighted by Gasteiger charge is -2.63. The molecular weight excluding hydrogens is 360 g/mol. The molecule has 3 nitrogen and oxygen atoms in total. The molecule has 3 unspecified atom stereocenters. The second-order valence-corrected chi connectivity index (χ2v) is 11.8. The summed E-state index contributed by atoms with van der Waals surface area (Å²) < 4.78 is 6.26. The normalized spacial score (nSPS) is 56.5. The Morgan fingerprint density at radius 3 is 2.34 bits per heavy atom. The van der Waals surface area contributed by atoms with Gasteiger partial charge in [-0.1, -0.05) is 47.1 Å². The number of carbonyl (C=O) groups excluding carboxylic acids is 2. The summed E-state index contributed by atoms with van der Waals surface area (Å²) in [5.41, 5.74) is 1.42. The van der Waals surface area contributed by atoms with Crippen LogP contribution in [0.25, 0.3) is 0 Å². The Morgan fingerprint density at radius 2 is 1.69 bits per heavy atom. The summed E-state index contributed by atoms with van der Waals surface area (Å²) in [6.45, 7) is 14.5. The van der Waals surface area contributed by atoms with Crippen molar-refractivity contribution in [2.75, 3.05) is 0 Å². The van der Waals surface area contributed by atoms with E-state index in [1.54, 1.807) is 0 Å². The van der Waals surface area contributed by atoms with Gasteiger partial charge in [0, 0.05) is 18.3 Å². The third-order valence-corrected chi connectivity index (χ3v) is 11.2. The first kappa shape index (κ1) is 19.8. The van der Waals surface area contributed by atoms with Crippen LogP contribution in [0.1, 0.15) is 80.1 Å². The van der Waals surface area contributed by atoms with Gasteiger partial charge in [-0.25, -0.2) is 0 Å². The van der Waals surface area contributed by atoms with E-state index in [1.165, 1.54) is 12.0 Å². The monoisotopic (exact) mass is 398 g/mol. The van der Waals surface area contributed by atoms with E-state index in [1.807, 2.05) is 6.08 Å². The van der Waals surface area contributed by atoms with Gasteiger partial charge in [0.25, 0.3) is 0 Å². The molecule has 160 valence electrons. The molecule has 0 aromatic heterocycles. The molecule has 0 radical (unpaired) electrons. The van der Waals surface area contributed by atoms with Gasteiger partial charge in [-0.05, 0) is 78.6 Å². The van der Waals surface area contributed by atoms with Crippen LogP contribution in [0.4, 0.5) is 0 Å². The van der Waals surface area contributed by atoms with Crippen molar-refractivity contribution in [2.45, 2.75) is 85.7 Å². The summed E-state index contributed by atoms with van der Waals surface area (Å²) in [5.74, 6) is 4.24. The van der Waals surface area contributed by atoms with Crippen LogP contribution in [-0.4, -0.2) is 17.4 Å². The molecule has 1 spiro atoms. The fourth-order valence-corrected chi connectivity index (χ4v) is 9.53. The highest BCUT2D eigenvalue weighted by Gasteiger charge is 2.73. The fraction of sp³-hybridized carbons (Fsp3) is 0.846. The molecule has 29 heavy (non-hydrogen) atoms. The zero-order chi connectivity index (χ0) is 20.9. The first-order valence-electron chi connectivity index (χ1n) is 12.0. The number of rotatable bonds is 0. The van der Waals surface area contributed by atoms with Gasteiger partial charge >= 0.3 is 5.97 Å². The van der Waals surface area contributed by atoms with E-state index in [-0.39, 0.29) is 22.4 Å². The van der Waals surface area contributed by atoms with Crippen molar-refractivity contribution in [3.8, 4) is 0 Å². The fourth-order valence-electron chi connectivity index (χ4n) is 9.53. The van der Waals surface area contributed by atoms with Crippen LogP contribution < -0.4 is 0 Å². The van der Waals surface area contributed by atoms with Crippen LogP contribution in [0.2, 0.25) is 0 Å². The van der Waals surface area contributed by atoms with Crippen LogP contribution in [0.3, 0.4) is 0 Å². The van der Waals surface area contributed by atoms with E-state index in [0.717, 1.165) is 19.3 Å². The van der Waals surface area contributed by atoms with Crippen molar-refractivity contribution in [1.29, 1.82) is 0 Å². The topological polar surface area (TPSA) is 43.4 Å². The molecule has 4 aliphatic carbocycles. The number of fused-ring (bicyclic) bond motifs is 6. The smallest absolute Gasteiger partial charge is 0.306 e. The van der Waals surface area contributed by atoms with Crippen molar-refractivity contribution in [3.05, 3.63) is 11.6 Å². The number of hydrogen-bond acceptors (Lipinski definition) is 3. The van der Waals surface area contributed by atoms with Gasteiger partial charge in [0.15, 0.2) is 5.78 Å². The number of carbonyl (C=O) groups is 2. The maximum atomic E-state index is 12.3. The largest absolute Gasteiger partial charge is 0.458 e. The van der Waals surface area contributed by atoms with E-state index in [4.69, 9.17) is 4.74 Å². The molecule has 0 bridgehead atoms. The highest BCUT2D eigenvalue weighted by molar-refractivity contribution is 5.91. The zero-order valence-corrected chi connectivity index (χ0v) is 19.1. The molecule has 5 aliphatic rings. The Morgan fingerprint density at radius 1 is 0.966 bits per heavy atom. The van der Waals surface area contributed by atoms with Crippen molar-refractivity contribution in [3.63, 3.8) is 0 Å². The second-order valence-electron chi connectivity index (χ2n) is 11.8. The third kappa shape index (κ3) is 2.20. The standard InChI is InChI=1S/C26H38O3/c1-14-15(2)22-19(24(5)10-7-18(27)13-20(14)24)8-11-25(6)23(22)16(3)17(4)26(25)12-9-21(28)29-26/h13-17,19,22-23H,7-12H2,1-6H3/t14-,15+,16-,17+,19?,22?,23?,24-,25+,26+/m1/s1. The van der Waals surface area contributed by atoms with Crippen LogP contribution in [0.15, 0.2) is 11.6 Å². The average molecular weight is 399 g/mol. The van der Waals surface area contributed by atoms with Gasteiger partial charge in [-0.15, -0.1) is 0 Å². The number of esters is 1. The van der Waals surface area contributed by atoms with Gasteiger partial charge in [-0.2, -0.15) is 0 Å². The Kier molecular flexibility index (Phi) is 4.09. The van der Waals surface area contributed by atoms with Crippen LogP contribution in [-0.2, 0) is 14.3 Å². The van der Waals surface area contributed by atoms with Crippen molar-refractivity contribution < 1.29 is 14.3 Å². The van der Waals surface area contributed by atoms with Crippen molar-refractivity contribution in [2.24, 2.45) is 52.3 Å². The summed E-state index contributed by atoms with van der Waals surface area (Å²) in [7, 11) is 0. The highest BCUT2D eigenvalue weighted by atomic mass is 16.6. The Balaban J connectivity index is 1.62. The van der Waals surface area contributed by atoms with Gasteiger partial charge in [-0.3, -0.25) is 9.59 Å². The summed E-state index contributed by atoms with van der Waals surface area (Å²) in [6, 6.07) is 0. The third-order valence-electron chi connectivity index (χ3n) is 11.2. The van der Waals surface area contributed by atoms with E-state index in [0.29, 0.717) is 60.1 Å². The van der Waals surface area contributed by atoms with Gasteiger partial charge < -0.3 is 4.74 Å². The molecule has 10 atom stereocenters. The number of ether oxygens (including phenoxy) is 1. The van der Waals surface area contributed by atoms with Crippen LogP contribution in [0, 0.1) is 52.3 Å². The van der Waals surface area contributed by atoms with E-state index in [9.17, 15) is 9.59 Å². The van der Waals surface area contributed by atoms with E-state index < -0.39 is 0 Å². The van der Waals surface area contributed by atoms with Gasteiger partial charge in [0.05, 0.1) is 0 Å². The first-order valence-corrected chi connectivity index (χ1v) is 12.0. The number of ketones is 1. The summed E-state index contributed by atoms with van der Waals surface area (Å²) >= 11 is 0. The van der Waals surface area contributed by atoms with Crippen molar-refractivity contribution >= 4 is 11.8 Å². The summed E-state index contributed by atoms with van der Waals surface area (Å²) in [5, 5.41) is 0. The molecule has 0 amide bonds. The van der Waals surface area contributed by atoms with Crippen LogP contribution in [0.5, 0.6) is 0 Å². The SMILES string of the molecule is C[C@@H]1C2C(CC[C@@]3(C)C2[C@H](C)[C@H](C)[C@@]32CCC(=O)O2)[C@@]2(C)CCC(=O)C=C2[C@@H]1C. The molecule has 1 heterocycles. The molecule has 0 aromatic rings. The molecule has 3 saturated carbocycles. The minimum absolute atomic E-state index is 0.0149. The van der Waals surface area contributed by atoms with Gasteiger partial charge in [0.1, 0.15) is 5.60 Å². The molecule has 5 rings (SSSR count). The molecule has 0 N–H and O–H groups in total. The predicted molar refractivity (Wildman–Crippen MR) is 113 cm³/mol. The molecule has 4 fully saturated rings. The molecular formula is C26H38O3. The van der Waals surface area contributed by atoms with Gasteiger partial charge in [0.2, 0.25) is 0 Å². The quantitative estimate of drug-likeness (QED) is 0.500. The molecule has 1 saturated heterocycles. The Hall–Kier alpha value is -1.12. The minimum atomic E-state index is -0.262. The van der Waals surface area contributed by atoms with E-state index >= 15 is 0 Å². The Bertz CT molecular complexity index is 798. The number of hydrogen-bond donors (Lipinski definition) is 0. The average Bonchev–Trinajstić information content (AvgIpc) is 3.15. The maximum absolute atomic E-state index is 12.3. The molecule has 3 heteroatoms. The lowest BCUT2D eigenvalue weighted by Crippen LogP contribution is -2.59. The highest BCUT2D eigenvalue weighted by Crippen LogP contribution is 2.73. The van der Waals surface area contributed by atoms with Crippen LogP contribution >= 0.6 is 0 Å². The maximum Gasteiger partial charge on any atom is 0.306 e. The molecule has 1 aliphatic heterocycles. The lowest BCUT2D eigenvalue weighted by molar-refractivity contribution is -0.177. The lowest BCUT2D eigenvalue weighted by atomic mass is 9.42. The number of allylic oxidation sites excluding steroid dienone is 1. The van der Waals surface area contributed by atoms with Crippen molar-refractivity contribution in [1.82, 2.24) is 0 Å². The first-order chi connectivity index (χ1) is 13.6.